The summed E-state index contributed by atoms with van der Waals surface area (Å²) in [6.45, 7) is 4.17. The summed E-state index contributed by atoms with van der Waals surface area (Å²) in [5, 5.41) is 92.5. The minimum absolute atomic E-state index is 0.110. The number of carbonyl (C=O) groups is 1. The Morgan fingerprint density at radius 3 is 1.87 bits per heavy atom. The zero-order chi connectivity index (χ0) is 45.9. The molecule has 0 spiro atoms. The molecule has 3 heterocycles. The Hall–Kier alpha value is -4.10. The smallest absolute Gasteiger partial charge is 0.198 e. The number of rotatable bonds is 23. The largest absolute Gasteiger partial charge is 0.507 e. The van der Waals surface area contributed by atoms with Crippen molar-refractivity contribution in [3.05, 3.63) is 72.1 Å². The molecule has 16 nitrogen and oxygen atoms in total. The lowest BCUT2D eigenvalue weighted by Crippen LogP contribution is -2.64. The van der Waals surface area contributed by atoms with Gasteiger partial charge in [-0.1, -0.05) is 83.3 Å². The first-order valence-corrected chi connectivity index (χ1v) is 22.3. The number of benzene rings is 2. The summed E-state index contributed by atoms with van der Waals surface area (Å²) in [5.74, 6) is -2.04. The summed E-state index contributed by atoms with van der Waals surface area (Å²) in [6, 6.07) is 12.9. The van der Waals surface area contributed by atoms with Crippen molar-refractivity contribution in [2.24, 2.45) is 0 Å². The molecule has 0 amide bonds. The molecule has 5 rings (SSSR count). The van der Waals surface area contributed by atoms with E-state index in [2.05, 4.69) is 42.1 Å². The Labute approximate surface area is 370 Å². The molecule has 3 aromatic rings. The third-order valence-electron chi connectivity index (χ3n) is 11.5. The highest BCUT2D eigenvalue weighted by molar-refractivity contribution is 6.01. The topological polar surface area (TPSA) is 249 Å². The molecule has 63 heavy (non-hydrogen) atoms. The molecular weight excluding hydrogens is 819 g/mol. The molecule has 0 bridgehead atoms. The van der Waals surface area contributed by atoms with Crippen molar-refractivity contribution in [2.75, 3.05) is 13.7 Å². The minimum atomic E-state index is -1.83. The van der Waals surface area contributed by atoms with Gasteiger partial charge in [-0.3, -0.25) is 4.79 Å². The van der Waals surface area contributed by atoms with E-state index in [-0.39, 0.29) is 30.1 Å². The third kappa shape index (κ3) is 15.5. The molecule has 352 valence electrons. The molecule has 0 aliphatic carbocycles. The number of phenols is 3. The predicted octanol–water partition coefficient (Wildman–Crippen LogP) is 4.33. The van der Waals surface area contributed by atoms with Crippen LogP contribution in [0.4, 0.5) is 0 Å². The highest BCUT2D eigenvalue weighted by Gasteiger charge is 2.51. The van der Waals surface area contributed by atoms with E-state index in [0.717, 1.165) is 12.1 Å². The molecular formula is C47H70NO15+. The minimum Gasteiger partial charge on any atom is -0.507 e. The average Bonchev–Trinajstić information content (AvgIpc) is 3.27. The maximum Gasteiger partial charge on any atom is 0.198 e. The van der Waals surface area contributed by atoms with Gasteiger partial charge in [-0.15, -0.1) is 0 Å². The molecule has 2 aliphatic rings. The Morgan fingerprint density at radius 1 is 0.714 bits per heavy atom. The summed E-state index contributed by atoms with van der Waals surface area (Å²) >= 11 is 0. The first-order valence-electron chi connectivity index (χ1n) is 22.3. The zero-order valence-corrected chi connectivity index (χ0v) is 36.8. The highest BCUT2D eigenvalue weighted by Crippen LogP contribution is 2.37. The molecule has 2 aliphatic heterocycles. The van der Waals surface area contributed by atoms with Crippen LogP contribution in [0.25, 0.3) is 0 Å². The number of aromatic hydroxyl groups is 3. The first kappa shape index (κ1) is 51.5. The van der Waals surface area contributed by atoms with Crippen molar-refractivity contribution >= 4 is 5.78 Å². The Kier molecular flexibility index (Phi) is 21.8. The molecule has 2 fully saturated rings. The van der Waals surface area contributed by atoms with Crippen LogP contribution < -0.4 is 14.0 Å². The quantitative estimate of drug-likeness (QED) is 0.0365. The van der Waals surface area contributed by atoms with Crippen molar-refractivity contribution in [1.29, 1.82) is 0 Å². The predicted molar refractivity (Wildman–Crippen MR) is 230 cm³/mol. The number of carbonyl (C=O) groups excluding carboxylic acids is 1. The number of pyridine rings is 1. The van der Waals surface area contributed by atoms with Crippen molar-refractivity contribution in [2.45, 2.75) is 172 Å². The van der Waals surface area contributed by atoms with Gasteiger partial charge in [0, 0.05) is 37.1 Å². The second-order valence-corrected chi connectivity index (χ2v) is 16.4. The fourth-order valence-corrected chi connectivity index (χ4v) is 7.70. The van der Waals surface area contributed by atoms with Gasteiger partial charge in [0.15, 0.2) is 48.4 Å². The second-order valence-electron chi connectivity index (χ2n) is 16.4. The number of nitrogens with zero attached hydrogens (tertiary/aromatic N) is 1. The Morgan fingerprint density at radius 2 is 1.30 bits per heavy atom. The molecule has 9 N–H and O–H groups in total. The van der Waals surface area contributed by atoms with E-state index in [0.29, 0.717) is 5.56 Å². The summed E-state index contributed by atoms with van der Waals surface area (Å²) in [4.78, 5) is 12.9. The van der Waals surface area contributed by atoms with Gasteiger partial charge in [0.25, 0.3) is 0 Å². The van der Waals surface area contributed by atoms with Crippen LogP contribution in [0, 0.1) is 0 Å². The summed E-state index contributed by atoms with van der Waals surface area (Å²) in [6.07, 6.45) is 5.90. The number of hydrogen-bond donors (Lipinski definition) is 9. The maximum atomic E-state index is 12.9. The Bertz CT molecular complexity index is 1760. The van der Waals surface area contributed by atoms with E-state index in [4.69, 9.17) is 23.7 Å². The lowest BCUT2D eigenvalue weighted by atomic mass is 9.97. The number of aliphatic hydroxyl groups excluding tert-OH is 6. The van der Waals surface area contributed by atoms with Crippen LogP contribution in [0.3, 0.4) is 0 Å². The fraction of sp³-hybridized carbons (Fsp3) is 0.617. The monoisotopic (exact) mass is 888 g/mol. The van der Waals surface area contributed by atoms with Gasteiger partial charge in [-0.05, 0) is 37.5 Å². The summed E-state index contributed by atoms with van der Waals surface area (Å²) in [7, 11) is 1.40. The molecule has 16 heteroatoms. The van der Waals surface area contributed by atoms with E-state index < -0.39 is 90.9 Å². The SMILES string of the molecule is CCCCCCCCCCCCCC[n+]1ccccc1.COc1ccc(CCC(=O)c2c(O)cc(O[C@H]3[C@H](O[C@@H]4[C@@H](O)[C@H](O)[C@@H](CO)O[C@H]4O)O[C@@H](C)[C@H](O)[C@H]3O)cc2O)cc1O. The zero-order valence-electron chi connectivity index (χ0n) is 36.8. The van der Waals surface area contributed by atoms with Crippen molar-refractivity contribution in [3.8, 4) is 28.7 Å². The van der Waals surface area contributed by atoms with Gasteiger partial charge in [0.05, 0.1) is 19.8 Å². The molecule has 2 saturated heterocycles. The molecule has 0 radical (unpaired) electrons. The number of methoxy groups -OCH3 is 1. The Balaban J connectivity index is 0.000000365. The number of aromatic nitrogens is 1. The van der Waals surface area contributed by atoms with E-state index in [1.807, 2.05) is 0 Å². The molecule has 2 aromatic carbocycles. The van der Waals surface area contributed by atoms with Crippen molar-refractivity contribution in [3.63, 3.8) is 0 Å². The third-order valence-corrected chi connectivity index (χ3v) is 11.5. The van der Waals surface area contributed by atoms with E-state index >= 15 is 0 Å². The standard InChI is InChI=1S/C28H36O15.C19H34N/c1-11-21(34)23(36)26(28(40-11)43-25-24(37)22(35)19(10-29)42-27(25)38)41-13-8-16(32)20(17(33)9-13)14(30)5-3-12-4-6-18(39-2)15(31)7-12;1-2-3-4-5-6-7-8-9-10-11-12-14-17-20-18-15-13-16-19-20/h4,6-9,11,19,21-29,31-38H,3,5,10H2,1-2H3;13,15-16,18-19H,2-12,14,17H2,1H3/q;+1/t11-,19+,21-,22+,23+,24-,25+,26+,27+,28-;/m0./s1. The molecule has 0 saturated carbocycles. The van der Waals surface area contributed by atoms with E-state index in [9.17, 15) is 50.8 Å². The highest BCUT2D eigenvalue weighted by atomic mass is 16.7. The number of hydrogen-bond acceptors (Lipinski definition) is 15. The van der Waals surface area contributed by atoms with Crippen LogP contribution in [-0.2, 0) is 27.2 Å². The van der Waals surface area contributed by atoms with Crippen molar-refractivity contribution < 1.29 is 79.0 Å². The normalized spacial score (nSPS) is 25.8. The van der Waals surface area contributed by atoms with Gasteiger partial charge in [-0.25, -0.2) is 4.57 Å². The molecule has 0 unspecified atom stereocenters. The van der Waals surface area contributed by atoms with Crippen LogP contribution >= 0.6 is 0 Å². The number of Topliss-reactive ketones (excluding diaryl/α,β-unsaturated/α-hetero) is 1. The van der Waals surface area contributed by atoms with E-state index in [1.165, 1.54) is 110 Å². The lowest BCUT2D eigenvalue weighted by Gasteiger charge is -2.45. The number of ketones is 1. The van der Waals surface area contributed by atoms with Crippen molar-refractivity contribution in [1.82, 2.24) is 0 Å². The second kappa shape index (κ2) is 26.6. The van der Waals surface area contributed by atoms with Gasteiger partial charge in [0.2, 0.25) is 0 Å². The van der Waals surface area contributed by atoms with Gasteiger partial charge < -0.3 is 69.6 Å². The number of aryl methyl sites for hydroxylation is 2. The van der Waals surface area contributed by atoms with Gasteiger partial charge in [0.1, 0.15) is 66.0 Å². The fourth-order valence-electron chi connectivity index (χ4n) is 7.70. The van der Waals surface area contributed by atoms with Crippen LogP contribution in [0.15, 0.2) is 60.9 Å². The number of ether oxygens (including phenoxy) is 5. The average molecular weight is 889 g/mol. The van der Waals surface area contributed by atoms with Gasteiger partial charge >= 0.3 is 0 Å². The number of phenolic OH excluding ortho intramolecular Hbond substituents is 3. The van der Waals surface area contributed by atoms with Crippen LogP contribution in [-0.4, -0.2) is 127 Å². The van der Waals surface area contributed by atoms with Crippen LogP contribution in [0.1, 0.15) is 113 Å². The van der Waals surface area contributed by atoms with Gasteiger partial charge in [-0.2, -0.15) is 0 Å². The maximum absolute atomic E-state index is 12.9. The number of unbranched alkanes of at least 4 members (excludes halogenated alkanes) is 11. The molecule has 10 atom stereocenters. The number of aliphatic hydroxyl groups is 6. The van der Waals surface area contributed by atoms with E-state index in [1.54, 1.807) is 6.07 Å². The molecule has 1 aromatic heterocycles. The summed E-state index contributed by atoms with van der Waals surface area (Å²) in [5.41, 5.74) is 0.207. The first-order chi connectivity index (χ1) is 30.3. The summed E-state index contributed by atoms with van der Waals surface area (Å²) < 4.78 is 29.3. The lowest BCUT2D eigenvalue weighted by molar-refractivity contribution is -0.697. The van der Waals surface area contributed by atoms with Crippen LogP contribution in [0.5, 0.6) is 28.7 Å². The van der Waals surface area contributed by atoms with Crippen LogP contribution in [0.2, 0.25) is 0 Å².